The van der Waals surface area contributed by atoms with Gasteiger partial charge in [-0.25, -0.2) is 21.6 Å². The van der Waals surface area contributed by atoms with Crippen molar-refractivity contribution in [3.05, 3.63) is 24.3 Å². The number of benzene rings is 1. The normalized spacial score (nSPS) is 17.9. The third kappa shape index (κ3) is 5.42. The smallest absolute Gasteiger partial charge is 0.240 e. The number of halogens is 1. The molecule has 1 aliphatic carbocycles. The van der Waals surface area contributed by atoms with Crippen molar-refractivity contribution in [1.82, 2.24) is 4.72 Å². The predicted octanol–water partition coefficient (Wildman–Crippen LogP) is 1.70. The molecular formula is C15H25ClN2O4S2. The molecule has 0 amide bonds. The van der Waals surface area contributed by atoms with Crippen molar-refractivity contribution in [2.45, 2.75) is 47.9 Å². The molecule has 0 radical (unpaired) electrons. The van der Waals surface area contributed by atoms with Gasteiger partial charge in [0.05, 0.1) is 9.79 Å². The maximum Gasteiger partial charge on any atom is 0.240 e. The largest absolute Gasteiger partial charge is 0.329 e. The molecule has 138 valence electrons. The zero-order valence-electron chi connectivity index (χ0n) is 13.6. The van der Waals surface area contributed by atoms with Gasteiger partial charge in [-0.3, -0.25) is 0 Å². The van der Waals surface area contributed by atoms with Crippen LogP contribution in [0.2, 0.25) is 0 Å². The number of sulfonamides is 1. The molecule has 0 spiro atoms. The first-order valence-corrected chi connectivity index (χ1v) is 11.1. The second-order valence-electron chi connectivity index (χ2n) is 6.11. The number of sulfone groups is 1. The van der Waals surface area contributed by atoms with Crippen molar-refractivity contribution >= 4 is 32.3 Å². The molecule has 6 nitrogen and oxygen atoms in total. The van der Waals surface area contributed by atoms with Gasteiger partial charge in [0.2, 0.25) is 10.0 Å². The molecule has 1 aliphatic rings. The molecule has 9 heteroatoms. The number of nitrogens with one attached hydrogen (secondary N) is 1. The topological polar surface area (TPSA) is 106 Å². The van der Waals surface area contributed by atoms with Crippen molar-refractivity contribution in [2.24, 2.45) is 11.7 Å². The molecule has 0 heterocycles. The van der Waals surface area contributed by atoms with Crippen LogP contribution in [0, 0.1) is 5.92 Å². The highest BCUT2D eigenvalue weighted by Crippen LogP contribution is 2.27. The monoisotopic (exact) mass is 396 g/mol. The van der Waals surface area contributed by atoms with E-state index in [1.54, 1.807) is 0 Å². The minimum Gasteiger partial charge on any atom is -0.329 e. The van der Waals surface area contributed by atoms with Gasteiger partial charge in [0.1, 0.15) is 0 Å². The van der Waals surface area contributed by atoms with E-state index in [1.807, 2.05) is 0 Å². The molecular weight excluding hydrogens is 372 g/mol. The molecule has 3 N–H and O–H groups in total. The van der Waals surface area contributed by atoms with Gasteiger partial charge < -0.3 is 5.73 Å². The number of hydrogen-bond donors (Lipinski definition) is 2. The number of nitrogens with two attached hydrogens (primary N) is 1. The maximum atomic E-state index is 12.5. The fourth-order valence-electron chi connectivity index (χ4n) is 3.01. The van der Waals surface area contributed by atoms with E-state index in [1.165, 1.54) is 30.7 Å². The second-order valence-corrected chi connectivity index (χ2v) is 9.83. The van der Waals surface area contributed by atoms with Gasteiger partial charge in [-0.15, -0.1) is 12.4 Å². The van der Waals surface area contributed by atoms with Crippen LogP contribution >= 0.6 is 12.4 Å². The first kappa shape index (κ1) is 21.4. The first-order valence-electron chi connectivity index (χ1n) is 7.76. The summed E-state index contributed by atoms with van der Waals surface area (Å²) in [7, 11) is -7.05. The Hall–Kier alpha value is -0.670. The summed E-state index contributed by atoms with van der Waals surface area (Å²) >= 11 is 0. The Morgan fingerprint density at radius 3 is 2.00 bits per heavy atom. The Bertz CT molecular complexity index is 727. The summed E-state index contributed by atoms with van der Waals surface area (Å²) in [6.07, 6.45) is 6.45. The Labute approximate surface area is 150 Å². The SMILES string of the molecule is CS(=O)(=O)c1ccc(S(=O)(=O)NC(CN)C2CCCCC2)cc1.Cl. The zero-order chi connectivity index (χ0) is 17.1. The predicted molar refractivity (Wildman–Crippen MR) is 96.5 cm³/mol. The maximum absolute atomic E-state index is 12.5. The van der Waals surface area contributed by atoms with Crippen LogP contribution < -0.4 is 10.5 Å². The van der Waals surface area contributed by atoms with Crippen LogP contribution in [0.4, 0.5) is 0 Å². The van der Waals surface area contributed by atoms with Crippen molar-refractivity contribution in [3.8, 4) is 0 Å². The number of hydrogen-bond acceptors (Lipinski definition) is 5. The van der Waals surface area contributed by atoms with Crippen molar-refractivity contribution < 1.29 is 16.8 Å². The van der Waals surface area contributed by atoms with Gasteiger partial charge in [0.25, 0.3) is 0 Å². The molecule has 1 saturated carbocycles. The van der Waals surface area contributed by atoms with Crippen LogP contribution in [0.5, 0.6) is 0 Å². The van der Waals surface area contributed by atoms with E-state index in [9.17, 15) is 16.8 Å². The Kier molecular flexibility index (Phi) is 7.68. The molecule has 1 atom stereocenters. The highest BCUT2D eigenvalue weighted by Gasteiger charge is 2.27. The summed E-state index contributed by atoms with van der Waals surface area (Å²) in [4.78, 5) is 0.151. The van der Waals surface area contributed by atoms with E-state index in [4.69, 9.17) is 5.73 Å². The van der Waals surface area contributed by atoms with Crippen molar-refractivity contribution in [2.75, 3.05) is 12.8 Å². The van der Waals surface area contributed by atoms with Gasteiger partial charge in [0.15, 0.2) is 9.84 Å². The molecule has 1 aromatic carbocycles. The van der Waals surface area contributed by atoms with Gasteiger partial charge in [0, 0.05) is 18.8 Å². The van der Waals surface area contributed by atoms with E-state index < -0.39 is 19.9 Å². The fourth-order valence-corrected chi connectivity index (χ4v) is 4.95. The summed E-state index contributed by atoms with van der Waals surface area (Å²) in [6.45, 7) is 0.255. The van der Waals surface area contributed by atoms with Crippen LogP contribution in [-0.2, 0) is 19.9 Å². The minimum atomic E-state index is -3.71. The van der Waals surface area contributed by atoms with E-state index in [0.29, 0.717) is 0 Å². The fraction of sp³-hybridized carbons (Fsp3) is 0.600. The summed E-state index contributed by atoms with van der Waals surface area (Å²) in [5.74, 6) is 0.263. The molecule has 0 saturated heterocycles. The van der Waals surface area contributed by atoms with Crippen LogP contribution in [-0.4, -0.2) is 35.7 Å². The van der Waals surface area contributed by atoms with Crippen LogP contribution in [0.1, 0.15) is 32.1 Å². The molecule has 2 rings (SSSR count). The van der Waals surface area contributed by atoms with Crippen LogP contribution in [0.25, 0.3) is 0 Å². The van der Waals surface area contributed by atoms with Gasteiger partial charge in [-0.2, -0.15) is 0 Å². The third-order valence-electron chi connectivity index (χ3n) is 4.34. The lowest BCUT2D eigenvalue weighted by Gasteiger charge is -2.29. The van der Waals surface area contributed by atoms with Gasteiger partial charge >= 0.3 is 0 Å². The average molecular weight is 397 g/mol. The van der Waals surface area contributed by atoms with Gasteiger partial charge in [-0.1, -0.05) is 19.3 Å². The molecule has 1 fully saturated rings. The highest BCUT2D eigenvalue weighted by molar-refractivity contribution is 7.90. The highest BCUT2D eigenvalue weighted by atomic mass is 35.5. The van der Waals surface area contributed by atoms with E-state index in [-0.39, 0.29) is 40.7 Å². The second kappa shape index (κ2) is 8.62. The Balaban J connectivity index is 0.00000288. The lowest BCUT2D eigenvalue weighted by Crippen LogP contribution is -2.45. The van der Waals surface area contributed by atoms with E-state index >= 15 is 0 Å². The molecule has 0 aliphatic heterocycles. The molecule has 24 heavy (non-hydrogen) atoms. The molecule has 0 aromatic heterocycles. The first-order chi connectivity index (χ1) is 10.7. The van der Waals surface area contributed by atoms with Crippen LogP contribution in [0.3, 0.4) is 0 Å². The number of rotatable bonds is 6. The lowest BCUT2D eigenvalue weighted by molar-refractivity contribution is 0.294. The van der Waals surface area contributed by atoms with Crippen molar-refractivity contribution in [1.29, 1.82) is 0 Å². The summed E-state index contributed by atoms with van der Waals surface area (Å²) in [5.41, 5.74) is 5.76. The van der Waals surface area contributed by atoms with E-state index in [0.717, 1.165) is 31.9 Å². The molecule has 1 unspecified atom stereocenters. The van der Waals surface area contributed by atoms with E-state index in [2.05, 4.69) is 4.72 Å². The van der Waals surface area contributed by atoms with Crippen molar-refractivity contribution in [3.63, 3.8) is 0 Å². The summed E-state index contributed by atoms with van der Waals surface area (Å²) in [6, 6.07) is 4.96. The molecule has 0 bridgehead atoms. The lowest BCUT2D eigenvalue weighted by atomic mass is 9.84. The van der Waals surface area contributed by atoms with Gasteiger partial charge in [-0.05, 0) is 43.0 Å². The third-order valence-corrected chi connectivity index (χ3v) is 6.98. The summed E-state index contributed by atoms with van der Waals surface area (Å²) < 4.78 is 50.5. The average Bonchev–Trinajstić information content (AvgIpc) is 2.53. The Morgan fingerprint density at radius 2 is 1.54 bits per heavy atom. The molecule has 1 aromatic rings. The standard InChI is InChI=1S/C15H24N2O4S2.ClH/c1-22(18,19)13-7-9-14(10-8-13)23(20,21)17-15(11-16)12-5-3-2-4-6-12;/h7-10,12,15,17H,2-6,11,16H2,1H3;1H. The minimum absolute atomic E-state index is 0. The zero-order valence-corrected chi connectivity index (χ0v) is 16.1. The Morgan fingerprint density at radius 1 is 1.04 bits per heavy atom. The van der Waals surface area contributed by atoms with Crippen LogP contribution in [0.15, 0.2) is 34.1 Å². The summed E-state index contributed by atoms with van der Waals surface area (Å²) in [5, 5.41) is 0. The quantitative estimate of drug-likeness (QED) is 0.761.